The number of alkyl halides is 3. The summed E-state index contributed by atoms with van der Waals surface area (Å²) >= 11 is 0. The lowest BCUT2D eigenvalue weighted by Gasteiger charge is -2.34. The van der Waals surface area contributed by atoms with E-state index in [-0.39, 0.29) is 11.9 Å². The Morgan fingerprint density at radius 2 is 2.00 bits per heavy atom. The lowest BCUT2D eigenvalue weighted by Crippen LogP contribution is -2.47. The van der Waals surface area contributed by atoms with E-state index in [0.29, 0.717) is 19.8 Å². The highest BCUT2D eigenvalue weighted by molar-refractivity contribution is 5.80. The van der Waals surface area contributed by atoms with E-state index in [9.17, 15) is 13.2 Å². The lowest BCUT2D eigenvalue weighted by molar-refractivity contribution is -0.153. The molecule has 9 heteroatoms. The third-order valence-electron chi connectivity index (χ3n) is 4.64. The number of aliphatic imine (C=N–C) groups is 1. The number of hydrogen-bond acceptors (Lipinski definition) is 4. The highest BCUT2D eigenvalue weighted by atomic mass is 19.4. The molecule has 0 atom stereocenters. The topological polar surface area (TPSA) is 55.3 Å². The molecule has 0 bridgehead atoms. The van der Waals surface area contributed by atoms with Crippen LogP contribution in [-0.4, -0.2) is 69.7 Å². The summed E-state index contributed by atoms with van der Waals surface area (Å²) < 4.78 is 52.8. The molecular formula is C21H32F3N3O3. The largest absolute Gasteiger partial charge is 0.484 e. The van der Waals surface area contributed by atoms with Gasteiger partial charge >= 0.3 is 6.18 Å². The Bertz CT molecular complexity index is 648. The van der Waals surface area contributed by atoms with Gasteiger partial charge in [0.2, 0.25) is 0 Å². The van der Waals surface area contributed by atoms with Crippen LogP contribution in [0.2, 0.25) is 0 Å². The van der Waals surface area contributed by atoms with Crippen LogP contribution in [0, 0.1) is 0 Å². The van der Waals surface area contributed by atoms with Crippen molar-refractivity contribution in [2.24, 2.45) is 4.99 Å². The molecule has 170 valence electrons. The maximum absolute atomic E-state index is 12.3. The maximum atomic E-state index is 12.3. The minimum Gasteiger partial charge on any atom is -0.484 e. The molecule has 0 aromatic heterocycles. The third kappa shape index (κ3) is 9.21. The third-order valence-corrected chi connectivity index (χ3v) is 4.64. The molecule has 6 nitrogen and oxygen atoms in total. The van der Waals surface area contributed by atoms with Gasteiger partial charge in [-0.05, 0) is 43.9 Å². The molecule has 1 fully saturated rings. The van der Waals surface area contributed by atoms with Gasteiger partial charge in [-0.3, -0.25) is 0 Å². The van der Waals surface area contributed by atoms with Crippen LogP contribution in [-0.2, 0) is 16.0 Å². The highest BCUT2D eigenvalue weighted by Crippen LogP contribution is 2.20. The monoisotopic (exact) mass is 431 g/mol. The second-order valence-electron chi connectivity index (χ2n) is 7.12. The fourth-order valence-electron chi connectivity index (χ4n) is 3.18. The second kappa shape index (κ2) is 12.6. The summed E-state index contributed by atoms with van der Waals surface area (Å²) in [5, 5.41) is 3.30. The van der Waals surface area contributed by atoms with Gasteiger partial charge in [-0.15, -0.1) is 0 Å². The molecule has 30 heavy (non-hydrogen) atoms. The zero-order chi connectivity index (χ0) is 21.8. The molecular weight excluding hydrogens is 399 g/mol. The van der Waals surface area contributed by atoms with Crippen LogP contribution in [0.4, 0.5) is 13.2 Å². The first-order valence-corrected chi connectivity index (χ1v) is 10.3. The van der Waals surface area contributed by atoms with Gasteiger partial charge in [0, 0.05) is 40.0 Å². The number of benzene rings is 1. The lowest BCUT2D eigenvalue weighted by atomic mass is 10.1. The van der Waals surface area contributed by atoms with Crippen molar-refractivity contribution in [3.8, 4) is 5.75 Å². The number of ether oxygens (including phenoxy) is 3. The summed E-state index contributed by atoms with van der Waals surface area (Å²) in [5.41, 5.74) is 0.793. The van der Waals surface area contributed by atoms with Gasteiger partial charge < -0.3 is 24.4 Å². The van der Waals surface area contributed by atoms with Crippen LogP contribution in [0.25, 0.3) is 0 Å². The highest BCUT2D eigenvalue weighted by Gasteiger charge is 2.28. The molecule has 0 unspecified atom stereocenters. The zero-order valence-electron chi connectivity index (χ0n) is 17.7. The van der Waals surface area contributed by atoms with Gasteiger partial charge in [0.25, 0.3) is 0 Å². The molecule has 1 heterocycles. The zero-order valence-corrected chi connectivity index (χ0v) is 17.7. The van der Waals surface area contributed by atoms with Crippen molar-refractivity contribution in [1.29, 1.82) is 0 Å². The van der Waals surface area contributed by atoms with Crippen LogP contribution in [0.5, 0.6) is 5.75 Å². The quantitative estimate of drug-likeness (QED) is 0.349. The molecule has 0 saturated carbocycles. The van der Waals surface area contributed by atoms with Crippen molar-refractivity contribution in [3.63, 3.8) is 0 Å². The number of piperidine rings is 1. The molecule has 0 spiro atoms. The molecule has 0 amide bonds. The number of hydrogen-bond donors (Lipinski definition) is 1. The number of nitrogens with zero attached hydrogens (tertiary/aromatic N) is 2. The summed E-state index contributed by atoms with van der Waals surface area (Å²) in [4.78, 5) is 6.86. The van der Waals surface area contributed by atoms with Crippen molar-refractivity contribution >= 4 is 5.96 Å². The number of likely N-dealkylation sites (tertiary alicyclic amines) is 1. The average Bonchev–Trinajstić information content (AvgIpc) is 2.73. The molecule has 0 aliphatic carbocycles. The van der Waals surface area contributed by atoms with E-state index in [2.05, 4.69) is 15.2 Å². The van der Waals surface area contributed by atoms with E-state index in [1.807, 2.05) is 13.0 Å². The normalized spacial score (nSPS) is 16.0. The fraction of sp³-hybridized carbons (Fsp3) is 0.667. The maximum Gasteiger partial charge on any atom is 0.422 e. The van der Waals surface area contributed by atoms with Crippen molar-refractivity contribution in [1.82, 2.24) is 10.2 Å². The van der Waals surface area contributed by atoms with E-state index >= 15 is 0 Å². The molecule has 1 saturated heterocycles. The van der Waals surface area contributed by atoms with Gasteiger partial charge in [-0.2, -0.15) is 13.2 Å². The van der Waals surface area contributed by atoms with Crippen LogP contribution in [0.1, 0.15) is 31.7 Å². The fourth-order valence-corrected chi connectivity index (χ4v) is 3.18. The minimum absolute atomic E-state index is 0.191. The van der Waals surface area contributed by atoms with Crippen molar-refractivity contribution in [2.75, 3.05) is 46.6 Å². The van der Waals surface area contributed by atoms with Crippen LogP contribution in [0.3, 0.4) is 0 Å². The standard InChI is InChI=1S/C21H32F3N3O3/c1-3-25-20(27-10-8-18(9-11-27)29-13-5-12-28-2)26-15-17-6-4-7-19(14-17)30-16-21(22,23)24/h4,6-7,14,18H,3,5,8-13,15-16H2,1-2H3,(H,25,26). The number of guanidine groups is 1. The van der Waals surface area contributed by atoms with Crippen molar-refractivity contribution in [2.45, 2.75) is 45.0 Å². The Hall–Kier alpha value is -2.00. The Balaban J connectivity index is 1.87. The number of halogens is 3. The Morgan fingerprint density at radius 1 is 1.23 bits per heavy atom. The van der Waals surface area contributed by atoms with Crippen molar-refractivity contribution < 1.29 is 27.4 Å². The first kappa shape index (κ1) is 24.3. The first-order valence-electron chi connectivity index (χ1n) is 10.3. The Labute approximate surface area is 176 Å². The molecule has 1 aliphatic heterocycles. The number of nitrogens with one attached hydrogen (secondary N) is 1. The summed E-state index contributed by atoms with van der Waals surface area (Å²) in [6, 6.07) is 6.62. The van der Waals surface area contributed by atoms with Crippen LogP contribution in [0.15, 0.2) is 29.3 Å². The minimum atomic E-state index is -4.36. The van der Waals surface area contributed by atoms with Gasteiger partial charge in [-0.1, -0.05) is 12.1 Å². The number of methoxy groups -OCH3 is 1. The molecule has 1 N–H and O–H groups in total. The molecule has 2 rings (SSSR count). The Morgan fingerprint density at radius 3 is 2.67 bits per heavy atom. The summed E-state index contributed by atoms with van der Waals surface area (Å²) in [7, 11) is 1.69. The van der Waals surface area contributed by atoms with Crippen LogP contribution < -0.4 is 10.1 Å². The predicted octanol–water partition coefficient (Wildman–Crippen LogP) is 3.61. The van der Waals surface area contributed by atoms with Gasteiger partial charge in [0.1, 0.15) is 5.75 Å². The summed E-state index contributed by atoms with van der Waals surface area (Å²) in [5.74, 6) is 0.994. The van der Waals surface area contributed by atoms with Gasteiger partial charge in [0.05, 0.1) is 12.6 Å². The average molecular weight is 431 g/mol. The molecule has 0 radical (unpaired) electrons. The molecule has 1 aromatic rings. The van der Waals surface area contributed by atoms with Gasteiger partial charge in [0.15, 0.2) is 12.6 Å². The van der Waals surface area contributed by atoms with Crippen molar-refractivity contribution in [3.05, 3.63) is 29.8 Å². The summed E-state index contributed by atoms with van der Waals surface area (Å²) in [6.07, 6.45) is -1.35. The number of rotatable bonds is 10. The predicted molar refractivity (Wildman–Crippen MR) is 110 cm³/mol. The van der Waals surface area contributed by atoms with E-state index in [0.717, 1.165) is 50.4 Å². The van der Waals surface area contributed by atoms with Gasteiger partial charge in [-0.25, -0.2) is 4.99 Å². The van der Waals surface area contributed by atoms with Crippen LogP contribution >= 0.6 is 0 Å². The SMILES string of the molecule is CCNC(=NCc1cccc(OCC(F)(F)F)c1)N1CCC(OCCCOC)CC1. The molecule has 1 aliphatic rings. The molecule has 1 aromatic carbocycles. The van der Waals surface area contributed by atoms with E-state index < -0.39 is 12.8 Å². The first-order chi connectivity index (χ1) is 14.4. The van der Waals surface area contributed by atoms with E-state index in [1.54, 1.807) is 19.2 Å². The smallest absolute Gasteiger partial charge is 0.422 e. The summed E-state index contributed by atoms with van der Waals surface area (Å²) in [6.45, 7) is 4.90. The Kier molecular flexibility index (Phi) is 10.2. The van der Waals surface area contributed by atoms with E-state index in [4.69, 9.17) is 14.2 Å². The van der Waals surface area contributed by atoms with E-state index in [1.165, 1.54) is 6.07 Å². The second-order valence-corrected chi connectivity index (χ2v) is 7.12.